The molecule has 1 unspecified atom stereocenters. The van der Waals surface area contributed by atoms with Crippen LogP contribution in [0.3, 0.4) is 0 Å². The Labute approximate surface area is 206 Å². The summed E-state index contributed by atoms with van der Waals surface area (Å²) in [5, 5.41) is 8.34. The van der Waals surface area contributed by atoms with Gasteiger partial charge in [0.05, 0.1) is 0 Å². The summed E-state index contributed by atoms with van der Waals surface area (Å²) in [6.45, 7) is 2.21. The molecule has 0 heterocycles. The maximum absolute atomic E-state index is 2.29. The first kappa shape index (κ1) is 25.8. The van der Waals surface area contributed by atoms with Crippen LogP contribution in [0.25, 0.3) is 21.5 Å². The van der Waals surface area contributed by atoms with Crippen LogP contribution in [-0.2, 0) is 26.2 Å². The molecule has 0 aromatic heterocycles. The Morgan fingerprint density at radius 1 is 0.690 bits per heavy atom. The van der Waals surface area contributed by atoms with Gasteiger partial charge in [-0.25, -0.2) is 0 Å². The van der Waals surface area contributed by atoms with Gasteiger partial charge in [-0.15, -0.1) is 84.1 Å². The van der Waals surface area contributed by atoms with E-state index < -0.39 is 0 Å². The molecular weight excluding hydrogens is 493 g/mol. The van der Waals surface area contributed by atoms with Crippen LogP contribution in [0.2, 0.25) is 0 Å². The van der Waals surface area contributed by atoms with E-state index in [1.807, 2.05) is 0 Å². The molecule has 0 saturated carbocycles. The summed E-state index contributed by atoms with van der Waals surface area (Å²) in [5.74, 6) is 0. The van der Waals surface area contributed by atoms with Crippen molar-refractivity contribution in [3.63, 3.8) is 0 Å². The number of aryl methyl sites for hydroxylation is 1. The number of fused-ring (bicyclic) bond motifs is 2. The predicted octanol–water partition coefficient (Wildman–Crippen LogP) is 0.0606. The van der Waals surface area contributed by atoms with Crippen molar-refractivity contribution in [3.8, 4) is 0 Å². The van der Waals surface area contributed by atoms with Crippen LogP contribution < -0.4 is 35.4 Å². The van der Waals surface area contributed by atoms with E-state index in [0.29, 0.717) is 0 Å². The number of rotatable bonds is 2. The van der Waals surface area contributed by atoms with E-state index in [-0.39, 0.29) is 51.0 Å². The number of halogens is 2. The van der Waals surface area contributed by atoms with Crippen LogP contribution in [0.4, 0.5) is 0 Å². The third kappa shape index (κ3) is 6.37. The molecule has 144 valence electrons. The summed E-state index contributed by atoms with van der Waals surface area (Å²) < 4.78 is 0. The van der Waals surface area contributed by atoms with E-state index in [9.17, 15) is 0 Å². The third-order valence-electron chi connectivity index (χ3n) is 4.59. The molecule has 0 aliphatic rings. The fraction of sp³-hybridized carbons (Fsp3) is 0.0400. The average Bonchev–Trinajstić information content (AvgIpc) is 3.28. The Morgan fingerprint density at radius 3 is 2.03 bits per heavy atom. The van der Waals surface area contributed by atoms with Crippen molar-refractivity contribution in [1.29, 1.82) is 0 Å². The fourth-order valence-electron chi connectivity index (χ4n) is 3.27. The van der Waals surface area contributed by atoms with Crippen molar-refractivity contribution in [3.05, 3.63) is 109 Å². The summed E-state index contributed by atoms with van der Waals surface area (Å²) in [5.41, 5.74) is 1.41. The molecular formula is C25H21Cl2PZr. The van der Waals surface area contributed by atoms with E-state index in [1.165, 1.54) is 37.7 Å². The average molecular weight is 515 g/mol. The second-order valence-electron chi connectivity index (χ2n) is 6.44. The maximum atomic E-state index is 2.29. The van der Waals surface area contributed by atoms with Gasteiger partial charge in [0.25, 0.3) is 0 Å². The van der Waals surface area contributed by atoms with Crippen molar-refractivity contribution in [1.82, 2.24) is 0 Å². The molecule has 5 aromatic rings. The van der Waals surface area contributed by atoms with Crippen LogP contribution in [-0.4, -0.2) is 0 Å². The van der Waals surface area contributed by atoms with Gasteiger partial charge < -0.3 is 24.8 Å². The molecule has 0 amide bonds. The Bertz CT molecular complexity index is 1100. The molecule has 4 heteroatoms. The molecule has 0 aliphatic carbocycles. The molecule has 5 rings (SSSR count). The zero-order chi connectivity index (χ0) is 17.8. The second-order valence-corrected chi connectivity index (χ2v) is 7.76. The fourth-order valence-corrected chi connectivity index (χ4v) is 4.55. The molecule has 0 bridgehead atoms. The molecule has 5 aromatic carbocycles. The number of benzene rings is 3. The summed E-state index contributed by atoms with van der Waals surface area (Å²) >= 11 is 0. The Hall–Kier alpha value is -1.23. The first-order valence-corrected chi connectivity index (χ1v) is 9.89. The molecule has 0 N–H and O–H groups in total. The second kappa shape index (κ2) is 12.5. The predicted molar refractivity (Wildman–Crippen MR) is 118 cm³/mol. The van der Waals surface area contributed by atoms with E-state index in [4.69, 9.17) is 0 Å². The van der Waals surface area contributed by atoms with Crippen molar-refractivity contribution >= 4 is 40.7 Å². The van der Waals surface area contributed by atoms with Crippen LogP contribution in [0, 0.1) is 6.92 Å². The molecule has 0 aliphatic heterocycles. The molecule has 1 atom stereocenters. The van der Waals surface area contributed by atoms with Gasteiger partial charge >= 0.3 is 26.2 Å². The third-order valence-corrected chi connectivity index (χ3v) is 6.12. The van der Waals surface area contributed by atoms with Crippen LogP contribution in [0.1, 0.15) is 5.56 Å². The van der Waals surface area contributed by atoms with Gasteiger partial charge in [0.1, 0.15) is 0 Å². The Balaban J connectivity index is 0.000000302. The summed E-state index contributed by atoms with van der Waals surface area (Å²) in [4.78, 5) is 0. The van der Waals surface area contributed by atoms with Crippen molar-refractivity contribution < 1.29 is 51.0 Å². The van der Waals surface area contributed by atoms with Gasteiger partial charge in [-0.2, -0.15) is 17.5 Å². The van der Waals surface area contributed by atoms with E-state index in [1.54, 1.807) is 0 Å². The van der Waals surface area contributed by atoms with Crippen LogP contribution in [0.15, 0.2) is 103 Å². The summed E-state index contributed by atoms with van der Waals surface area (Å²) in [6, 6.07) is 36.3. The smallest absolute Gasteiger partial charge is 1.00 e. The van der Waals surface area contributed by atoms with Gasteiger partial charge in [0.15, 0.2) is 0 Å². The first-order chi connectivity index (χ1) is 12.8. The van der Waals surface area contributed by atoms with Gasteiger partial charge in [-0.05, 0) is 5.30 Å². The number of hydrogen-bond donors (Lipinski definition) is 0. The van der Waals surface area contributed by atoms with E-state index in [2.05, 4.69) is 110 Å². The minimum absolute atomic E-state index is 0. The molecule has 0 radical (unpaired) electrons. The monoisotopic (exact) mass is 512 g/mol. The molecule has 0 saturated heterocycles. The van der Waals surface area contributed by atoms with Crippen molar-refractivity contribution in [2.75, 3.05) is 0 Å². The molecule has 0 fully saturated rings. The van der Waals surface area contributed by atoms with Crippen LogP contribution >= 0.6 is 8.58 Å². The van der Waals surface area contributed by atoms with Gasteiger partial charge in [-0.3, -0.25) is 0 Å². The minimum atomic E-state index is 0. The van der Waals surface area contributed by atoms with Crippen LogP contribution in [0.5, 0.6) is 0 Å². The Morgan fingerprint density at radius 2 is 1.31 bits per heavy atom. The topological polar surface area (TPSA) is 0 Å². The maximum Gasteiger partial charge on any atom is 4.00 e. The van der Waals surface area contributed by atoms with E-state index in [0.717, 1.165) is 8.58 Å². The summed E-state index contributed by atoms with van der Waals surface area (Å²) in [7, 11) is 0.754. The molecule has 0 spiro atoms. The standard InChI is InChI=1S/C16H14P.C9H7.2ClH.Zr/c1-12-11-13-7-5-6-10-15(13)16(12)17-14-8-3-2-4-9-14;1-2-5-9-7-3-6-8(9)4-1;;;/h2-11,17H,1H3;1-7H;2*1H;/q2*-1;;;+4/p-2. The van der Waals surface area contributed by atoms with Gasteiger partial charge in [0, 0.05) is 0 Å². The van der Waals surface area contributed by atoms with Crippen molar-refractivity contribution in [2.45, 2.75) is 6.92 Å². The summed E-state index contributed by atoms with van der Waals surface area (Å²) in [6.07, 6.45) is 0. The van der Waals surface area contributed by atoms with Gasteiger partial charge in [-0.1, -0.05) is 49.4 Å². The quantitative estimate of drug-likeness (QED) is 0.231. The molecule has 0 nitrogen and oxygen atoms in total. The normalized spacial score (nSPS) is 9.97. The largest absolute Gasteiger partial charge is 4.00 e. The number of hydrogen-bond acceptors (Lipinski definition) is 0. The SMILES string of the molecule is Cc1[cH-]c2ccccc2c1Pc1ccccc1.[Cl-].[Cl-].[Zr+4].c1ccc2[cH-]ccc2c1. The van der Waals surface area contributed by atoms with Crippen molar-refractivity contribution in [2.24, 2.45) is 0 Å². The van der Waals surface area contributed by atoms with E-state index >= 15 is 0 Å². The first-order valence-electron chi connectivity index (χ1n) is 8.89. The minimum Gasteiger partial charge on any atom is -1.00 e. The zero-order valence-corrected chi connectivity index (χ0v) is 21.0. The molecule has 29 heavy (non-hydrogen) atoms. The zero-order valence-electron chi connectivity index (χ0n) is 16.1. The van der Waals surface area contributed by atoms with Gasteiger partial charge in [0.2, 0.25) is 0 Å². The Kier molecular flexibility index (Phi) is 11.1.